The van der Waals surface area contributed by atoms with E-state index in [1.54, 1.807) is 7.05 Å². The third kappa shape index (κ3) is 5.09. The predicted octanol–water partition coefficient (Wildman–Crippen LogP) is 0.534. The van der Waals surface area contributed by atoms with Crippen molar-refractivity contribution in [3.8, 4) is 0 Å². The lowest BCUT2D eigenvalue weighted by atomic mass is 10.1. The molecule has 44 heavy (non-hydrogen) atoms. The van der Waals surface area contributed by atoms with Crippen LogP contribution < -0.4 is 11.3 Å². The molecule has 0 amide bonds. The Morgan fingerprint density at radius 2 is 1.82 bits per heavy atom. The van der Waals surface area contributed by atoms with E-state index < -0.39 is 74.6 Å². The van der Waals surface area contributed by atoms with Gasteiger partial charge in [-0.3, -0.25) is 22.9 Å². The number of alkyl halides is 1. The van der Waals surface area contributed by atoms with E-state index in [-0.39, 0.29) is 28.9 Å². The number of thiol groups is 1. The summed E-state index contributed by atoms with van der Waals surface area (Å²) in [5.41, 5.74) is 6.00. The molecule has 2 saturated heterocycles. The number of nitrogens with two attached hydrogens (primary N) is 1. The van der Waals surface area contributed by atoms with Crippen LogP contribution in [0.2, 0.25) is 0 Å². The van der Waals surface area contributed by atoms with Crippen molar-refractivity contribution in [3.63, 3.8) is 0 Å². The molecule has 236 valence electrons. The number of imidazole rings is 2. The zero-order valence-electron chi connectivity index (χ0n) is 22.4. The minimum atomic E-state index is -4.30. The maximum Gasteiger partial charge on any atom is 0.386 e. The van der Waals surface area contributed by atoms with Crippen LogP contribution in [0.1, 0.15) is 18.7 Å². The summed E-state index contributed by atoms with van der Waals surface area (Å²) in [5, 5.41) is 11.3. The first-order valence-electron chi connectivity index (χ1n) is 13.0. The number of nitrogen functional groups attached to an aromatic ring is 1. The first-order chi connectivity index (χ1) is 20.8. The summed E-state index contributed by atoms with van der Waals surface area (Å²) < 4.78 is 62.4. The van der Waals surface area contributed by atoms with Crippen LogP contribution in [0.4, 0.5) is 10.2 Å². The Bertz CT molecular complexity index is 1930. The molecule has 4 aromatic rings. The van der Waals surface area contributed by atoms with Crippen LogP contribution in [0, 0.1) is 0 Å². The molecule has 0 aromatic carbocycles. The van der Waals surface area contributed by atoms with Crippen LogP contribution in [-0.2, 0) is 46.3 Å². The molecular weight excluding hydrogens is 667 g/mol. The fourth-order valence-electron chi connectivity index (χ4n) is 5.75. The van der Waals surface area contributed by atoms with Gasteiger partial charge in [-0.15, -0.1) is 0 Å². The molecule has 3 aliphatic rings. The van der Waals surface area contributed by atoms with Crippen molar-refractivity contribution in [3.05, 3.63) is 35.7 Å². The lowest BCUT2D eigenvalue weighted by Gasteiger charge is -2.30. The Hall–Kier alpha value is -2.42. The van der Waals surface area contributed by atoms with Gasteiger partial charge in [0.1, 0.15) is 48.2 Å². The van der Waals surface area contributed by atoms with Gasteiger partial charge in [0.05, 0.1) is 31.4 Å². The lowest BCUT2D eigenvalue weighted by Crippen LogP contribution is -2.37. The molecule has 2 bridgehead atoms. The maximum atomic E-state index is 16.1. The summed E-state index contributed by atoms with van der Waals surface area (Å²) in [4.78, 5) is 43.4. The molecule has 1 aliphatic carbocycles. The molecule has 18 nitrogen and oxygen atoms in total. The number of aryl methyl sites for hydroxylation is 1. The van der Waals surface area contributed by atoms with Gasteiger partial charge >= 0.3 is 19.1 Å². The number of halogens is 1. The van der Waals surface area contributed by atoms with Crippen molar-refractivity contribution in [2.45, 2.75) is 55.4 Å². The van der Waals surface area contributed by atoms with Crippen LogP contribution in [-0.4, -0.2) is 91.9 Å². The standard InChI is InChI=1S/C21H24FN9O9P2S2/c1-29-5-28-19(33)13-20(29)30(6-27-13)8-2-9-14(32)15(8)39-41(34,43)36-3-10-16(40-42(35,44)38-9)11(22)21(37-10)31-7-26-12-17(23)24-4-25-18(12)31/h4-11,14-16,21,32H,2-3H2,1H3,(H,34,43)(H,35,44)(H2,23,24,25)/t8?,9?,10-,11-,14-,15+,16-,21?,41?,42?/m1/s1. The fraction of sp³-hybridized carbons (Fsp3) is 0.524. The van der Waals surface area contributed by atoms with E-state index >= 15 is 4.39 Å². The van der Waals surface area contributed by atoms with Crippen molar-refractivity contribution < 1.29 is 41.8 Å². The van der Waals surface area contributed by atoms with E-state index in [1.165, 1.54) is 39.0 Å². The highest BCUT2D eigenvalue weighted by Crippen LogP contribution is 2.60. The highest BCUT2D eigenvalue weighted by molar-refractivity contribution is 8.44. The fourth-order valence-corrected chi connectivity index (χ4v) is 9.04. The van der Waals surface area contributed by atoms with Gasteiger partial charge in [-0.05, 0) is 11.8 Å². The summed E-state index contributed by atoms with van der Waals surface area (Å²) >= 11 is 9.35. The molecule has 4 aromatic heterocycles. The summed E-state index contributed by atoms with van der Waals surface area (Å²) in [7, 11) is 1.63. The van der Waals surface area contributed by atoms with Gasteiger partial charge in [-0.1, -0.05) is 12.2 Å². The van der Waals surface area contributed by atoms with Gasteiger partial charge < -0.3 is 34.1 Å². The Morgan fingerprint density at radius 1 is 1.07 bits per heavy atom. The molecule has 2 aliphatic heterocycles. The smallest absolute Gasteiger partial charge is 0.386 e. The molecule has 0 radical (unpaired) electrons. The molecule has 5 unspecified atom stereocenters. The number of anilines is 1. The summed E-state index contributed by atoms with van der Waals surface area (Å²) in [6.07, 6.45) is -5.45. The van der Waals surface area contributed by atoms with E-state index in [4.69, 9.17) is 40.4 Å². The van der Waals surface area contributed by atoms with Crippen molar-refractivity contribution in [1.29, 1.82) is 0 Å². The largest absolute Gasteiger partial charge is 0.388 e. The van der Waals surface area contributed by atoms with Gasteiger partial charge in [0.2, 0.25) is 0 Å². The van der Waals surface area contributed by atoms with Crippen LogP contribution in [0.15, 0.2) is 30.1 Å². The molecular formula is C21H24FN9O9P2S2. The van der Waals surface area contributed by atoms with Crippen LogP contribution >= 0.6 is 25.8 Å². The zero-order valence-corrected chi connectivity index (χ0v) is 25.9. The Morgan fingerprint density at radius 3 is 2.61 bits per heavy atom. The monoisotopic (exact) mass is 691 g/mol. The average Bonchev–Trinajstić information content (AvgIpc) is 3.72. The van der Waals surface area contributed by atoms with Crippen LogP contribution in [0.25, 0.3) is 22.3 Å². The van der Waals surface area contributed by atoms with E-state index in [0.29, 0.717) is 5.65 Å². The molecule has 1 saturated carbocycles. The number of fused-ring (bicyclic) bond motifs is 5. The SMILES string of the molecule is Cn1cnc(=O)c2ncn(C3CC4OP(O)(=S)O[C@@H]5[C@@H](COP(=O)(S)O[C@@H]3[C@@H]4O)OC(n3cnc4c(N)ncnc43)[C@@H]5F)c21. The number of hydrogen-bond donors (Lipinski definition) is 4. The minimum Gasteiger partial charge on any atom is -0.388 e. The maximum absolute atomic E-state index is 16.1. The summed E-state index contributed by atoms with van der Waals surface area (Å²) in [6.45, 7) is -9.19. The van der Waals surface area contributed by atoms with Crippen molar-refractivity contribution >= 4 is 65.7 Å². The number of rotatable bonds is 2. The van der Waals surface area contributed by atoms with Gasteiger partial charge in [0, 0.05) is 13.5 Å². The van der Waals surface area contributed by atoms with Crippen LogP contribution in [0.3, 0.4) is 0 Å². The average molecular weight is 692 g/mol. The van der Waals surface area contributed by atoms with E-state index in [9.17, 15) is 19.4 Å². The first-order valence-corrected chi connectivity index (χ1v) is 18.3. The number of aromatic nitrogens is 8. The molecule has 0 spiro atoms. The molecule has 7 rings (SSSR count). The number of nitrogens with zero attached hydrogens (tertiary/aromatic N) is 8. The van der Waals surface area contributed by atoms with Crippen molar-refractivity contribution in [1.82, 2.24) is 38.6 Å². The Labute approximate surface area is 256 Å². The second-order valence-electron chi connectivity index (χ2n) is 10.4. The number of ether oxygens (including phenoxy) is 1. The van der Waals surface area contributed by atoms with Crippen molar-refractivity contribution in [2.75, 3.05) is 12.3 Å². The number of hydrogen-bond acceptors (Lipinski definition) is 15. The third-order valence-electron chi connectivity index (χ3n) is 7.69. The summed E-state index contributed by atoms with van der Waals surface area (Å²) in [5.74, 6) is 0.0649. The Kier molecular flexibility index (Phi) is 7.45. The molecule has 23 heteroatoms. The highest BCUT2D eigenvalue weighted by atomic mass is 32.7. The topological polar surface area (TPSA) is 226 Å². The number of aliphatic hydroxyl groups is 1. The quantitative estimate of drug-likeness (QED) is 0.166. The predicted molar refractivity (Wildman–Crippen MR) is 155 cm³/mol. The van der Waals surface area contributed by atoms with Gasteiger partial charge in [0.15, 0.2) is 29.4 Å². The normalized spacial score (nSPS) is 38.0. The minimum absolute atomic E-state index is 0.0415. The molecule has 4 N–H and O–H groups in total. The molecule has 3 fully saturated rings. The van der Waals surface area contributed by atoms with E-state index in [2.05, 4.69) is 37.2 Å². The van der Waals surface area contributed by atoms with Crippen LogP contribution in [0.5, 0.6) is 0 Å². The second-order valence-corrected chi connectivity index (χ2v) is 16.0. The Balaban J connectivity index is 1.22. The molecule has 10 atom stereocenters. The first kappa shape index (κ1) is 30.2. The second kappa shape index (κ2) is 10.8. The van der Waals surface area contributed by atoms with Gasteiger partial charge in [-0.25, -0.2) is 28.9 Å². The third-order valence-corrected chi connectivity index (χ3v) is 10.9. The molecule has 6 heterocycles. The van der Waals surface area contributed by atoms with Gasteiger partial charge in [0.25, 0.3) is 0 Å². The highest BCUT2D eigenvalue weighted by Gasteiger charge is 2.54. The van der Waals surface area contributed by atoms with E-state index in [1.807, 2.05) is 0 Å². The zero-order chi connectivity index (χ0) is 31.1. The lowest BCUT2D eigenvalue weighted by molar-refractivity contribution is -0.0539. The number of aliphatic hydroxyl groups excluding tert-OH is 1. The van der Waals surface area contributed by atoms with E-state index in [0.717, 1.165) is 0 Å². The van der Waals surface area contributed by atoms with Crippen molar-refractivity contribution in [2.24, 2.45) is 7.05 Å². The van der Waals surface area contributed by atoms with Gasteiger partial charge in [-0.2, -0.15) is 4.98 Å². The summed E-state index contributed by atoms with van der Waals surface area (Å²) in [6, 6.07) is -0.870.